The van der Waals surface area contributed by atoms with Gasteiger partial charge in [0.2, 0.25) is 0 Å². The average Bonchev–Trinajstić information content (AvgIpc) is 2.66. The first kappa shape index (κ1) is 10.5. The Morgan fingerprint density at radius 2 is 2.13 bits per heavy atom. The number of nitrogens with zero attached hydrogens (tertiary/aromatic N) is 2. The summed E-state index contributed by atoms with van der Waals surface area (Å²) in [6.45, 7) is 0. The predicted octanol–water partition coefficient (Wildman–Crippen LogP) is 3.40. The lowest BCUT2D eigenvalue weighted by Crippen LogP contribution is -1.96. The highest BCUT2D eigenvalue weighted by molar-refractivity contribution is 6.32. The normalized spacial score (nSPS) is 10.6. The third-order valence-corrected chi connectivity index (χ3v) is 2.51. The van der Waals surface area contributed by atoms with Crippen LogP contribution in [0.4, 0.5) is 4.39 Å². The summed E-state index contributed by atoms with van der Waals surface area (Å²) in [5.41, 5.74) is 1.38. The van der Waals surface area contributed by atoms with Crippen molar-refractivity contribution >= 4 is 23.2 Å². The summed E-state index contributed by atoms with van der Waals surface area (Å²) in [5.74, 6) is -0.0281. The molecule has 0 N–H and O–H groups in total. The lowest BCUT2D eigenvalue weighted by molar-refractivity contribution is 0.627. The average molecular weight is 245 g/mol. The number of aromatic nitrogens is 2. The lowest BCUT2D eigenvalue weighted by atomic mass is 10.3. The standard InChI is InChI=1S/C10H7Cl2FN2/c11-6-8-3-4-15(14-8)10-2-1-7(13)5-9(10)12/h1-5H,6H2. The van der Waals surface area contributed by atoms with Gasteiger partial charge >= 0.3 is 0 Å². The van der Waals surface area contributed by atoms with Crippen molar-refractivity contribution in [1.29, 1.82) is 0 Å². The van der Waals surface area contributed by atoms with Crippen molar-refractivity contribution in [1.82, 2.24) is 9.78 Å². The van der Waals surface area contributed by atoms with Crippen LogP contribution in [0.1, 0.15) is 5.69 Å². The van der Waals surface area contributed by atoms with Gasteiger partial charge in [-0.2, -0.15) is 5.10 Å². The summed E-state index contributed by atoms with van der Waals surface area (Å²) in [4.78, 5) is 0. The second-order valence-electron chi connectivity index (χ2n) is 2.98. The largest absolute Gasteiger partial charge is 0.239 e. The van der Waals surface area contributed by atoms with E-state index in [9.17, 15) is 4.39 Å². The van der Waals surface area contributed by atoms with Gasteiger partial charge in [-0.25, -0.2) is 9.07 Å². The van der Waals surface area contributed by atoms with Gasteiger partial charge in [-0.1, -0.05) is 11.6 Å². The van der Waals surface area contributed by atoms with Crippen molar-refractivity contribution in [2.75, 3.05) is 0 Å². The summed E-state index contributed by atoms with van der Waals surface area (Å²) >= 11 is 11.5. The van der Waals surface area contributed by atoms with Gasteiger partial charge in [0.25, 0.3) is 0 Å². The predicted molar refractivity (Wildman–Crippen MR) is 58.1 cm³/mol. The third kappa shape index (κ3) is 2.13. The highest BCUT2D eigenvalue weighted by atomic mass is 35.5. The molecule has 0 atom stereocenters. The maximum Gasteiger partial charge on any atom is 0.124 e. The van der Waals surface area contributed by atoms with Crippen molar-refractivity contribution < 1.29 is 4.39 Å². The molecule has 0 radical (unpaired) electrons. The fourth-order valence-electron chi connectivity index (χ4n) is 1.23. The Balaban J connectivity index is 2.44. The van der Waals surface area contributed by atoms with Crippen molar-refractivity contribution in [3.8, 4) is 5.69 Å². The number of halogens is 3. The van der Waals surface area contributed by atoms with Gasteiger partial charge in [0.05, 0.1) is 22.3 Å². The molecule has 0 saturated carbocycles. The molecule has 0 saturated heterocycles. The van der Waals surface area contributed by atoms with E-state index in [1.807, 2.05) is 0 Å². The Morgan fingerprint density at radius 1 is 1.33 bits per heavy atom. The zero-order valence-corrected chi connectivity index (χ0v) is 9.13. The quantitative estimate of drug-likeness (QED) is 0.741. The molecule has 1 aromatic carbocycles. The lowest BCUT2D eigenvalue weighted by Gasteiger charge is -2.03. The minimum atomic E-state index is -0.367. The fraction of sp³-hybridized carbons (Fsp3) is 0.100. The van der Waals surface area contributed by atoms with Crippen LogP contribution in [0.3, 0.4) is 0 Å². The molecular weight excluding hydrogens is 238 g/mol. The van der Waals surface area contributed by atoms with E-state index >= 15 is 0 Å². The molecule has 0 aliphatic carbocycles. The van der Waals surface area contributed by atoms with E-state index in [1.165, 1.54) is 12.1 Å². The maximum atomic E-state index is 12.8. The Labute approximate surface area is 96.2 Å². The van der Waals surface area contributed by atoms with Gasteiger partial charge in [0.15, 0.2) is 0 Å². The smallest absolute Gasteiger partial charge is 0.124 e. The number of rotatable bonds is 2. The Morgan fingerprint density at radius 3 is 2.73 bits per heavy atom. The molecular formula is C10H7Cl2FN2. The Bertz CT molecular complexity index is 482. The Hall–Kier alpha value is -1.06. The zero-order chi connectivity index (χ0) is 10.8. The zero-order valence-electron chi connectivity index (χ0n) is 7.62. The van der Waals surface area contributed by atoms with E-state index < -0.39 is 0 Å². The molecule has 0 fully saturated rings. The summed E-state index contributed by atoms with van der Waals surface area (Å²) in [5, 5.41) is 4.49. The minimum Gasteiger partial charge on any atom is -0.239 e. The summed E-state index contributed by atoms with van der Waals surface area (Å²) in [6, 6.07) is 5.94. The van der Waals surface area contributed by atoms with Gasteiger partial charge in [-0.05, 0) is 24.3 Å². The van der Waals surface area contributed by atoms with Gasteiger partial charge in [-0.15, -0.1) is 11.6 Å². The highest BCUT2D eigenvalue weighted by Crippen LogP contribution is 2.21. The number of hydrogen-bond donors (Lipinski definition) is 0. The van der Waals surface area contributed by atoms with Crippen molar-refractivity contribution in [3.05, 3.63) is 47.0 Å². The van der Waals surface area contributed by atoms with E-state index in [4.69, 9.17) is 23.2 Å². The first-order valence-corrected chi connectivity index (χ1v) is 5.18. The first-order chi connectivity index (χ1) is 7.20. The van der Waals surface area contributed by atoms with Crippen LogP contribution in [0.2, 0.25) is 5.02 Å². The van der Waals surface area contributed by atoms with E-state index in [1.54, 1.807) is 23.0 Å². The minimum absolute atomic E-state index is 0.319. The van der Waals surface area contributed by atoms with Crippen molar-refractivity contribution in [2.45, 2.75) is 5.88 Å². The topological polar surface area (TPSA) is 17.8 Å². The molecule has 1 aromatic heterocycles. The molecule has 0 bridgehead atoms. The monoisotopic (exact) mass is 244 g/mol. The van der Waals surface area contributed by atoms with Gasteiger partial charge in [0, 0.05) is 6.20 Å². The number of hydrogen-bond acceptors (Lipinski definition) is 1. The molecule has 0 aliphatic rings. The van der Waals surface area contributed by atoms with E-state index in [0.717, 1.165) is 5.69 Å². The molecule has 5 heteroatoms. The molecule has 78 valence electrons. The van der Waals surface area contributed by atoms with Gasteiger partial charge in [-0.3, -0.25) is 0 Å². The molecule has 2 aromatic rings. The molecule has 0 spiro atoms. The van der Waals surface area contributed by atoms with Crippen LogP contribution in [-0.2, 0) is 5.88 Å². The van der Waals surface area contributed by atoms with Crippen molar-refractivity contribution in [3.63, 3.8) is 0 Å². The molecule has 1 heterocycles. The molecule has 0 amide bonds. The number of alkyl halides is 1. The van der Waals surface area contributed by atoms with E-state index in [2.05, 4.69) is 5.10 Å². The molecule has 0 unspecified atom stereocenters. The van der Waals surface area contributed by atoms with Gasteiger partial charge in [0.1, 0.15) is 5.82 Å². The highest BCUT2D eigenvalue weighted by Gasteiger charge is 2.05. The van der Waals surface area contributed by atoms with Crippen LogP contribution in [0.5, 0.6) is 0 Å². The molecule has 15 heavy (non-hydrogen) atoms. The van der Waals surface area contributed by atoms with Crippen LogP contribution < -0.4 is 0 Å². The molecule has 2 nitrogen and oxygen atoms in total. The summed E-state index contributed by atoms with van der Waals surface area (Å²) < 4.78 is 14.4. The first-order valence-electron chi connectivity index (χ1n) is 4.26. The number of benzene rings is 1. The van der Waals surface area contributed by atoms with E-state index in [-0.39, 0.29) is 5.82 Å². The van der Waals surface area contributed by atoms with Crippen LogP contribution in [0.15, 0.2) is 30.5 Å². The van der Waals surface area contributed by atoms with Crippen LogP contribution in [0, 0.1) is 5.82 Å². The summed E-state index contributed by atoms with van der Waals surface area (Å²) in [7, 11) is 0. The maximum absolute atomic E-state index is 12.8. The summed E-state index contributed by atoms with van der Waals surface area (Å²) in [6.07, 6.45) is 1.73. The van der Waals surface area contributed by atoms with Gasteiger partial charge < -0.3 is 0 Å². The Kier molecular flexibility index (Phi) is 2.93. The van der Waals surface area contributed by atoms with E-state index in [0.29, 0.717) is 16.6 Å². The SMILES string of the molecule is Fc1ccc(-n2ccc(CCl)n2)c(Cl)c1. The third-order valence-electron chi connectivity index (χ3n) is 1.94. The molecule has 0 aliphatic heterocycles. The molecule has 2 rings (SSSR count). The van der Waals surface area contributed by atoms with Crippen LogP contribution in [-0.4, -0.2) is 9.78 Å². The second-order valence-corrected chi connectivity index (χ2v) is 3.66. The van der Waals surface area contributed by atoms with Crippen LogP contribution >= 0.6 is 23.2 Å². The fourth-order valence-corrected chi connectivity index (χ4v) is 1.63. The van der Waals surface area contributed by atoms with Crippen molar-refractivity contribution in [2.24, 2.45) is 0 Å². The van der Waals surface area contributed by atoms with Crippen LogP contribution in [0.25, 0.3) is 5.69 Å². The second kappa shape index (κ2) is 4.21.